The van der Waals surface area contributed by atoms with Gasteiger partial charge in [-0.25, -0.2) is 0 Å². The van der Waals surface area contributed by atoms with Gasteiger partial charge in [-0.05, 0) is 45.4 Å². The summed E-state index contributed by atoms with van der Waals surface area (Å²) in [4.78, 5) is 27.0. The Morgan fingerprint density at radius 2 is 1.70 bits per heavy atom. The molecule has 0 bridgehead atoms. The lowest BCUT2D eigenvalue weighted by Gasteiger charge is -2.49. The number of nitrogens with zero attached hydrogens (tertiary/aromatic N) is 1. The number of piperazine rings is 1. The molecule has 0 aromatic carbocycles. The molecule has 1 aliphatic heterocycles. The number of hydrogen-bond donors (Lipinski definition) is 1. The third-order valence-electron chi connectivity index (χ3n) is 4.61. The minimum atomic E-state index is -0.748. The standard InChI is InChI=1S/C16H30N2O2/c1-7-16(8-2)14(20)18(11-9-10-12(3)4)15(5,6)13(19)17-16/h12H,7-11H2,1-6H3,(H,17,19). The summed E-state index contributed by atoms with van der Waals surface area (Å²) < 4.78 is 0. The normalized spacial score (nSPS) is 21.2. The van der Waals surface area contributed by atoms with Gasteiger partial charge in [0.2, 0.25) is 11.8 Å². The van der Waals surface area contributed by atoms with Crippen LogP contribution in [0.3, 0.4) is 0 Å². The molecule has 0 atom stereocenters. The number of carbonyl (C=O) groups excluding carboxylic acids is 2. The molecule has 1 fully saturated rings. The summed E-state index contributed by atoms with van der Waals surface area (Å²) in [6, 6.07) is 0. The summed E-state index contributed by atoms with van der Waals surface area (Å²) in [6.45, 7) is 12.6. The summed E-state index contributed by atoms with van der Waals surface area (Å²) in [6.07, 6.45) is 3.31. The molecule has 0 spiro atoms. The van der Waals surface area contributed by atoms with Gasteiger partial charge in [-0.3, -0.25) is 9.59 Å². The topological polar surface area (TPSA) is 49.4 Å². The van der Waals surface area contributed by atoms with Crippen LogP contribution in [0.15, 0.2) is 0 Å². The third kappa shape index (κ3) is 2.99. The average molecular weight is 282 g/mol. The van der Waals surface area contributed by atoms with Crippen molar-refractivity contribution in [2.45, 2.75) is 78.3 Å². The lowest BCUT2D eigenvalue weighted by atomic mass is 9.83. The Balaban J connectivity index is 2.96. The van der Waals surface area contributed by atoms with Crippen molar-refractivity contribution in [2.24, 2.45) is 5.92 Å². The molecule has 1 saturated heterocycles. The largest absolute Gasteiger partial charge is 0.340 e. The van der Waals surface area contributed by atoms with Crippen LogP contribution < -0.4 is 5.32 Å². The smallest absolute Gasteiger partial charge is 0.249 e. The Hall–Kier alpha value is -1.06. The second-order valence-electron chi connectivity index (χ2n) is 6.80. The maximum absolute atomic E-state index is 12.9. The zero-order valence-corrected chi connectivity index (χ0v) is 13.9. The number of nitrogens with one attached hydrogen (secondary N) is 1. The minimum absolute atomic E-state index is 0.0367. The van der Waals surface area contributed by atoms with E-state index in [2.05, 4.69) is 19.2 Å². The van der Waals surface area contributed by atoms with E-state index in [0.29, 0.717) is 25.3 Å². The van der Waals surface area contributed by atoms with Crippen molar-refractivity contribution in [3.05, 3.63) is 0 Å². The molecule has 0 radical (unpaired) electrons. The van der Waals surface area contributed by atoms with Gasteiger partial charge >= 0.3 is 0 Å². The molecule has 2 amide bonds. The Labute approximate surface area is 123 Å². The van der Waals surface area contributed by atoms with E-state index in [1.807, 2.05) is 27.7 Å². The van der Waals surface area contributed by atoms with Crippen LogP contribution in [0.4, 0.5) is 0 Å². The molecule has 116 valence electrons. The van der Waals surface area contributed by atoms with Gasteiger partial charge in [0.25, 0.3) is 0 Å². The Kier molecular flexibility index (Phi) is 5.22. The maximum Gasteiger partial charge on any atom is 0.249 e. The van der Waals surface area contributed by atoms with Crippen LogP contribution in [0.2, 0.25) is 0 Å². The van der Waals surface area contributed by atoms with Gasteiger partial charge in [0, 0.05) is 6.54 Å². The molecule has 4 heteroatoms. The fourth-order valence-corrected chi connectivity index (χ4v) is 2.83. The van der Waals surface area contributed by atoms with Gasteiger partial charge in [-0.1, -0.05) is 27.7 Å². The predicted octanol–water partition coefficient (Wildman–Crippen LogP) is 2.72. The molecular formula is C16H30N2O2. The number of hydrogen-bond acceptors (Lipinski definition) is 2. The number of amides is 2. The predicted molar refractivity (Wildman–Crippen MR) is 81.3 cm³/mol. The highest BCUT2D eigenvalue weighted by atomic mass is 16.2. The molecule has 20 heavy (non-hydrogen) atoms. The Bertz CT molecular complexity index is 371. The van der Waals surface area contributed by atoms with E-state index in [0.717, 1.165) is 12.8 Å². The molecule has 1 N–H and O–H groups in total. The molecule has 0 aromatic heterocycles. The van der Waals surface area contributed by atoms with E-state index in [1.165, 1.54) is 0 Å². The summed E-state index contributed by atoms with van der Waals surface area (Å²) in [7, 11) is 0. The van der Waals surface area contributed by atoms with E-state index in [1.54, 1.807) is 4.90 Å². The Morgan fingerprint density at radius 3 is 2.15 bits per heavy atom. The van der Waals surface area contributed by atoms with Crippen LogP contribution in [0, 0.1) is 5.92 Å². The summed E-state index contributed by atoms with van der Waals surface area (Å²) in [5.74, 6) is 0.662. The third-order valence-corrected chi connectivity index (χ3v) is 4.61. The van der Waals surface area contributed by atoms with Crippen molar-refractivity contribution in [3.8, 4) is 0 Å². The second-order valence-corrected chi connectivity index (χ2v) is 6.80. The zero-order chi connectivity index (χ0) is 15.6. The van der Waals surface area contributed by atoms with Crippen molar-refractivity contribution >= 4 is 11.8 Å². The van der Waals surface area contributed by atoms with Crippen LogP contribution >= 0.6 is 0 Å². The van der Waals surface area contributed by atoms with Crippen molar-refractivity contribution in [2.75, 3.05) is 6.54 Å². The lowest BCUT2D eigenvalue weighted by molar-refractivity contribution is -0.161. The van der Waals surface area contributed by atoms with Crippen molar-refractivity contribution < 1.29 is 9.59 Å². The zero-order valence-electron chi connectivity index (χ0n) is 13.9. The molecule has 1 rings (SSSR count). The summed E-state index contributed by atoms with van der Waals surface area (Å²) in [5.41, 5.74) is -1.45. The number of carbonyl (C=O) groups is 2. The summed E-state index contributed by atoms with van der Waals surface area (Å²) in [5, 5.41) is 2.97. The molecule has 0 aromatic rings. The van der Waals surface area contributed by atoms with E-state index in [-0.39, 0.29) is 11.8 Å². The van der Waals surface area contributed by atoms with Crippen LogP contribution in [0.5, 0.6) is 0 Å². The van der Waals surface area contributed by atoms with Crippen LogP contribution in [0.1, 0.15) is 67.2 Å². The first-order valence-corrected chi connectivity index (χ1v) is 7.86. The molecule has 1 heterocycles. The monoisotopic (exact) mass is 282 g/mol. The van der Waals surface area contributed by atoms with E-state index in [9.17, 15) is 9.59 Å². The minimum Gasteiger partial charge on any atom is -0.340 e. The maximum atomic E-state index is 12.9. The van der Waals surface area contributed by atoms with Gasteiger partial charge in [0.05, 0.1) is 0 Å². The highest BCUT2D eigenvalue weighted by Gasteiger charge is 2.52. The van der Waals surface area contributed by atoms with E-state index < -0.39 is 11.1 Å². The first kappa shape index (κ1) is 17.0. The SMILES string of the molecule is CCC1(CC)NC(=O)C(C)(C)N(CCCC(C)C)C1=O. The molecule has 4 nitrogen and oxygen atoms in total. The lowest BCUT2D eigenvalue weighted by Crippen LogP contribution is -2.73. The number of rotatable bonds is 6. The molecule has 0 saturated carbocycles. The Morgan fingerprint density at radius 1 is 1.15 bits per heavy atom. The van der Waals surface area contributed by atoms with Crippen LogP contribution in [-0.2, 0) is 9.59 Å². The van der Waals surface area contributed by atoms with Crippen LogP contribution in [-0.4, -0.2) is 34.3 Å². The van der Waals surface area contributed by atoms with Gasteiger partial charge < -0.3 is 10.2 Å². The quantitative estimate of drug-likeness (QED) is 0.814. The molecule has 0 unspecified atom stereocenters. The summed E-state index contributed by atoms with van der Waals surface area (Å²) >= 11 is 0. The van der Waals surface area contributed by atoms with Crippen molar-refractivity contribution in [1.82, 2.24) is 10.2 Å². The molecule has 0 aliphatic carbocycles. The van der Waals surface area contributed by atoms with Crippen LogP contribution in [0.25, 0.3) is 0 Å². The van der Waals surface area contributed by atoms with Gasteiger partial charge in [0.15, 0.2) is 0 Å². The average Bonchev–Trinajstić information content (AvgIpc) is 2.38. The fourth-order valence-electron chi connectivity index (χ4n) is 2.83. The van der Waals surface area contributed by atoms with Crippen molar-refractivity contribution in [3.63, 3.8) is 0 Å². The van der Waals surface area contributed by atoms with Gasteiger partial charge in [-0.15, -0.1) is 0 Å². The highest BCUT2D eigenvalue weighted by molar-refractivity contribution is 6.01. The van der Waals surface area contributed by atoms with E-state index in [4.69, 9.17) is 0 Å². The van der Waals surface area contributed by atoms with Gasteiger partial charge in [-0.2, -0.15) is 0 Å². The van der Waals surface area contributed by atoms with E-state index >= 15 is 0 Å². The first-order valence-electron chi connectivity index (χ1n) is 7.86. The van der Waals surface area contributed by atoms with Crippen molar-refractivity contribution in [1.29, 1.82) is 0 Å². The first-order chi connectivity index (χ1) is 9.21. The molecular weight excluding hydrogens is 252 g/mol. The highest BCUT2D eigenvalue weighted by Crippen LogP contribution is 2.30. The second kappa shape index (κ2) is 6.15. The van der Waals surface area contributed by atoms with Gasteiger partial charge in [0.1, 0.15) is 11.1 Å². The molecule has 1 aliphatic rings. The fraction of sp³-hybridized carbons (Fsp3) is 0.875.